The molecule has 138 valence electrons. The van der Waals surface area contributed by atoms with Gasteiger partial charge in [0.25, 0.3) is 0 Å². The van der Waals surface area contributed by atoms with E-state index < -0.39 is 0 Å². The summed E-state index contributed by atoms with van der Waals surface area (Å²) in [6.45, 7) is 4.49. The largest absolute Gasteiger partial charge is 0.497 e. The van der Waals surface area contributed by atoms with Gasteiger partial charge in [0.2, 0.25) is 5.91 Å². The lowest BCUT2D eigenvalue weighted by Crippen LogP contribution is -2.36. The number of nitrogens with zero attached hydrogens (tertiary/aromatic N) is 2. The molecular weight excluding hydrogens is 392 g/mol. The molecule has 0 N–H and O–H groups in total. The van der Waals surface area contributed by atoms with E-state index in [1.807, 2.05) is 41.3 Å². The second kappa shape index (κ2) is 9.19. The topological polar surface area (TPSA) is 32.8 Å². The number of benzene rings is 2. The molecule has 0 radical (unpaired) electrons. The monoisotopic (exact) mass is 416 g/mol. The molecule has 0 aromatic heterocycles. The van der Waals surface area contributed by atoms with Gasteiger partial charge in [-0.05, 0) is 41.8 Å². The van der Waals surface area contributed by atoms with Crippen molar-refractivity contribution in [2.45, 2.75) is 19.4 Å². The van der Waals surface area contributed by atoms with Gasteiger partial charge in [0.05, 0.1) is 13.5 Å². The summed E-state index contributed by atoms with van der Waals surface area (Å²) in [5.41, 5.74) is 2.35. The fourth-order valence-corrected chi connectivity index (χ4v) is 3.52. The van der Waals surface area contributed by atoms with Crippen molar-refractivity contribution in [3.63, 3.8) is 0 Å². The zero-order valence-electron chi connectivity index (χ0n) is 15.2. The molecule has 3 rings (SSSR count). The van der Waals surface area contributed by atoms with Crippen LogP contribution >= 0.6 is 15.9 Å². The second-order valence-electron chi connectivity index (χ2n) is 6.66. The lowest BCUT2D eigenvalue weighted by atomic mass is 10.1. The number of halogens is 1. The van der Waals surface area contributed by atoms with Gasteiger partial charge in [0.1, 0.15) is 5.75 Å². The van der Waals surface area contributed by atoms with Crippen molar-refractivity contribution < 1.29 is 9.53 Å². The van der Waals surface area contributed by atoms with E-state index in [0.29, 0.717) is 6.42 Å². The normalized spacial score (nSPS) is 15.5. The van der Waals surface area contributed by atoms with Crippen LogP contribution < -0.4 is 4.74 Å². The first-order valence-corrected chi connectivity index (χ1v) is 9.81. The van der Waals surface area contributed by atoms with Crippen LogP contribution in [-0.4, -0.2) is 49.0 Å². The summed E-state index contributed by atoms with van der Waals surface area (Å²) < 4.78 is 6.25. The highest BCUT2D eigenvalue weighted by Gasteiger charge is 2.19. The van der Waals surface area contributed by atoms with E-state index in [9.17, 15) is 4.79 Å². The van der Waals surface area contributed by atoms with Gasteiger partial charge in [0, 0.05) is 37.2 Å². The van der Waals surface area contributed by atoms with Crippen molar-refractivity contribution in [1.29, 1.82) is 0 Å². The molecule has 26 heavy (non-hydrogen) atoms. The van der Waals surface area contributed by atoms with Crippen LogP contribution in [0.2, 0.25) is 0 Å². The summed E-state index contributed by atoms with van der Waals surface area (Å²) in [7, 11) is 1.68. The van der Waals surface area contributed by atoms with E-state index in [2.05, 4.69) is 33.0 Å². The Morgan fingerprint density at radius 2 is 1.65 bits per heavy atom. The number of rotatable bonds is 5. The molecule has 0 saturated carbocycles. The highest BCUT2D eigenvalue weighted by molar-refractivity contribution is 9.10. The number of carbonyl (C=O) groups is 1. The SMILES string of the molecule is COc1ccc(CN2CCCN(C(=O)Cc3ccc(Br)cc3)CC2)cc1. The Morgan fingerprint density at radius 3 is 2.35 bits per heavy atom. The second-order valence-corrected chi connectivity index (χ2v) is 7.58. The predicted octanol–water partition coefficient (Wildman–Crippen LogP) is 3.73. The third-order valence-corrected chi connectivity index (χ3v) is 5.30. The minimum absolute atomic E-state index is 0.221. The van der Waals surface area contributed by atoms with Crippen LogP contribution in [0.25, 0.3) is 0 Å². The Morgan fingerprint density at radius 1 is 0.962 bits per heavy atom. The molecule has 0 atom stereocenters. The van der Waals surface area contributed by atoms with Crippen molar-refractivity contribution in [1.82, 2.24) is 9.80 Å². The predicted molar refractivity (Wildman–Crippen MR) is 107 cm³/mol. The average Bonchev–Trinajstić information content (AvgIpc) is 2.90. The first-order chi connectivity index (χ1) is 12.6. The summed E-state index contributed by atoms with van der Waals surface area (Å²) in [5, 5.41) is 0. The standard InChI is InChI=1S/C21H25BrN2O2/c1-26-20-9-5-18(6-10-20)16-23-11-2-12-24(14-13-23)21(25)15-17-3-7-19(22)8-4-17/h3-10H,2,11-16H2,1H3. The number of amides is 1. The smallest absolute Gasteiger partial charge is 0.227 e. The molecule has 1 heterocycles. The van der Waals surface area contributed by atoms with Gasteiger partial charge in [0.15, 0.2) is 0 Å². The molecule has 0 unspecified atom stereocenters. The first kappa shape index (κ1) is 18.9. The Labute approximate surface area is 163 Å². The number of hydrogen-bond donors (Lipinski definition) is 0. The molecule has 2 aromatic rings. The first-order valence-electron chi connectivity index (χ1n) is 9.01. The van der Waals surface area contributed by atoms with E-state index in [1.165, 1.54) is 5.56 Å². The van der Waals surface area contributed by atoms with Crippen molar-refractivity contribution in [2.24, 2.45) is 0 Å². The lowest BCUT2D eigenvalue weighted by Gasteiger charge is -2.22. The summed E-state index contributed by atoms with van der Waals surface area (Å²) in [6, 6.07) is 16.2. The molecule has 1 aliphatic rings. The van der Waals surface area contributed by atoms with Gasteiger partial charge < -0.3 is 9.64 Å². The zero-order chi connectivity index (χ0) is 18.4. The average molecular weight is 417 g/mol. The molecule has 0 spiro atoms. The van der Waals surface area contributed by atoms with Crippen LogP contribution in [0.4, 0.5) is 0 Å². The van der Waals surface area contributed by atoms with Gasteiger partial charge in [-0.1, -0.05) is 40.2 Å². The highest BCUT2D eigenvalue weighted by Crippen LogP contribution is 2.15. The Hall–Kier alpha value is -1.85. The van der Waals surface area contributed by atoms with Crippen molar-refractivity contribution in [3.8, 4) is 5.75 Å². The Kier molecular flexibility index (Phi) is 6.69. The van der Waals surface area contributed by atoms with E-state index in [4.69, 9.17) is 4.74 Å². The molecule has 1 saturated heterocycles. The van der Waals surface area contributed by atoms with E-state index in [1.54, 1.807) is 7.11 Å². The maximum absolute atomic E-state index is 12.6. The fourth-order valence-electron chi connectivity index (χ4n) is 3.26. The van der Waals surface area contributed by atoms with Crippen LogP contribution in [0, 0.1) is 0 Å². The molecule has 0 bridgehead atoms. The van der Waals surface area contributed by atoms with Crippen molar-refractivity contribution in [2.75, 3.05) is 33.3 Å². The number of carbonyl (C=O) groups excluding carboxylic acids is 1. The quantitative estimate of drug-likeness (QED) is 0.743. The van der Waals surface area contributed by atoms with Gasteiger partial charge in [-0.15, -0.1) is 0 Å². The molecule has 0 aliphatic carbocycles. The van der Waals surface area contributed by atoms with Crippen molar-refractivity contribution in [3.05, 3.63) is 64.1 Å². The molecule has 1 aliphatic heterocycles. The van der Waals surface area contributed by atoms with Gasteiger partial charge in [-0.25, -0.2) is 0 Å². The molecular formula is C21H25BrN2O2. The molecule has 1 fully saturated rings. The highest BCUT2D eigenvalue weighted by atomic mass is 79.9. The minimum atomic E-state index is 0.221. The van der Waals surface area contributed by atoms with E-state index >= 15 is 0 Å². The van der Waals surface area contributed by atoms with Crippen LogP contribution in [0.5, 0.6) is 5.75 Å². The third-order valence-electron chi connectivity index (χ3n) is 4.78. The Bertz CT molecular complexity index is 716. The lowest BCUT2D eigenvalue weighted by molar-refractivity contribution is -0.130. The van der Waals surface area contributed by atoms with E-state index in [0.717, 1.165) is 54.9 Å². The van der Waals surface area contributed by atoms with Crippen LogP contribution in [0.15, 0.2) is 53.0 Å². The molecule has 2 aromatic carbocycles. The summed E-state index contributed by atoms with van der Waals surface area (Å²) in [5.74, 6) is 1.10. The van der Waals surface area contributed by atoms with Crippen LogP contribution in [0.3, 0.4) is 0 Å². The van der Waals surface area contributed by atoms with Crippen molar-refractivity contribution >= 4 is 21.8 Å². The zero-order valence-corrected chi connectivity index (χ0v) is 16.7. The van der Waals surface area contributed by atoms with Crippen LogP contribution in [0.1, 0.15) is 17.5 Å². The van der Waals surface area contributed by atoms with Crippen LogP contribution in [-0.2, 0) is 17.8 Å². The maximum atomic E-state index is 12.6. The summed E-state index contributed by atoms with van der Waals surface area (Å²) in [4.78, 5) is 17.1. The van der Waals surface area contributed by atoms with Gasteiger partial charge in [-0.3, -0.25) is 9.69 Å². The number of hydrogen-bond acceptors (Lipinski definition) is 3. The van der Waals surface area contributed by atoms with Gasteiger partial charge in [-0.2, -0.15) is 0 Å². The fraction of sp³-hybridized carbons (Fsp3) is 0.381. The van der Waals surface area contributed by atoms with E-state index in [-0.39, 0.29) is 5.91 Å². The minimum Gasteiger partial charge on any atom is -0.497 e. The molecule has 5 heteroatoms. The number of methoxy groups -OCH3 is 1. The van der Waals surface area contributed by atoms with Gasteiger partial charge >= 0.3 is 0 Å². The molecule has 1 amide bonds. The maximum Gasteiger partial charge on any atom is 0.227 e. The summed E-state index contributed by atoms with van der Waals surface area (Å²) in [6.07, 6.45) is 1.49. The summed E-state index contributed by atoms with van der Waals surface area (Å²) >= 11 is 3.43. The Balaban J connectivity index is 1.52. The third kappa shape index (κ3) is 5.32. The number of ether oxygens (including phenoxy) is 1. The molecule has 4 nitrogen and oxygen atoms in total.